The van der Waals surface area contributed by atoms with Gasteiger partial charge in [0.05, 0.1) is 6.54 Å². The van der Waals surface area contributed by atoms with E-state index in [-0.39, 0.29) is 11.5 Å². The molecule has 1 rings (SSSR count). The first-order valence-corrected chi connectivity index (χ1v) is 5.17. The summed E-state index contributed by atoms with van der Waals surface area (Å²) in [5.74, 6) is 0. The Bertz CT molecular complexity index is 204. The summed E-state index contributed by atoms with van der Waals surface area (Å²) in [6.45, 7) is 7.06. The van der Waals surface area contributed by atoms with E-state index in [1.807, 2.05) is 0 Å². The zero-order valence-electron chi connectivity index (χ0n) is 9.08. The van der Waals surface area contributed by atoms with Crippen molar-refractivity contribution in [3.8, 4) is 0 Å². The molecule has 1 amide bonds. The standard InChI is InChI=1S/C10H20N2O2/c1-10(2,8-11)4-3-5-12-6-7-14-9(12)13/h3-8,11H2,1-2H3. The summed E-state index contributed by atoms with van der Waals surface area (Å²) in [5, 5.41) is 0. The predicted molar refractivity (Wildman–Crippen MR) is 55.0 cm³/mol. The van der Waals surface area contributed by atoms with Gasteiger partial charge in [-0.25, -0.2) is 4.79 Å². The molecule has 0 unspecified atom stereocenters. The Labute approximate surface area is 85.4 Å². The van der Waals surface area contributed by atoms with Crippen molar-refractivity contribution in [3.63, 3.8) is 0 Å². The van der Waals surface area contributed by atoms with Crippen LogP contribution in [0.2, 0.25) is 0 Å². The predicted octanol–water partition coefficient (Wildman–Crippen LogP) is 1.20. The molecule has 1 fully saturated rings. The molecule has 1 saturated heterocycles. The van der Waals surface area contributed by atoms with Crippen LogP contribution in [0.5, 0.6) is 0 Å². The van der Waals surface area contributed by atoms with Crippen LogP contribution in [0.15, 0.2) is 0 Å². The number of hydrogen-bond acceptors (Lipinski definition) is 3. The summed E-state index contributed by atoms with van der Waals surface area (Å²) in [6.07, 6.45) is 1.88. The van der Waals surface area contributed by atoms with E-state index < -0.39 is 0 Å². The third kappa shape index (κ3) is 3.18. The molecular formula is C10H20N2O2. The van der Waals surface area contributed by atoms with E-state index in [1.165, 1.54) is 0 Å². The van der Waals surface area contributed by atoms with Crippen LogP contribution < -0.4 is 5.73 Å². The number of rotatable bonds is 5. The monoisotopic (exact) mass is 200 g/mol. The number of carbonyl (C=O) groups is 1. The molecule has 14 heavy (non-hydrogen) atoms. The highest BCUT2D eigenvalue weighted by Crippen LogP contribution is 2.20. The van der Waals surface area contributed by atoms with Crippen LogP contribution in [-0.2, 0) is 4.74 Å². The minimum absolute atomic E-state index is 0.171. The highest BCUT2D eigenvalue weighted by Gasteiger charge is 2.22. The first-order valence-electron chi connectivity index (χ1n) is 5.17. The molecule has 0 aromatic rings. The highest BCUT2D eigenvalue weighted by atomic mass is 16.6. The zero-order valence-corrected chi connectivity index (χ0v) is 9.08. The molecule has 0 aromatic heterocycles. The second kappa shape index (κ2) is 4.64. The lowest BCUT2D eigenvalue weighted by Crippen LogP contribution is -2.28. The summed E-state index contributed by atoms with van der Waals surface area (Å²) < 4.78 is 4.84. The fraction of sp³-hybridized carbons (Fsp3) is 0.900. The van der Waals surface area contributed by atoms with Crippen LogP contribution in [0.4, 0.5) is 4.79 Å². The van der Waals surface area contributed by atoms with E-state index in [9.17, 15) is 4.79 Å². The van der Waals surface area contributed by atoms with E-state index >= 15 is 0 Å². The number of nitrogens with two attached hydrogens (primary N) is 1. The number of ether oxygens (including phenoxy) is 1. The molecule has 4 heteroatoms. The summed E-state index contributed by atoms with van der Waals surface area (Å²) in [6, 6.07) is 0. The number of carbonyl (C=O) groups excluding carboxylic acids is 1. The molecule has 1 aliphatic rings. The van der Waals surface area contributed by atoms with Gasteiger partial charge in [-0.3, -0.25) is 0 Å². The molecule has 1 aliphatic heterocycles. The highest BCUT2D eigenvalue weighted by molar-refractivity contribution is 5.69. The molecule has 0 spiro atoms. The van der Waals surface area contributed by atoms with Crippen LogP contribution in [0.3, 0.4) is 0 Å². The van der Waals surface area contributed by atoms with Gasteiger partial charge in [0.15, 0.2) is 0 Å². The van der Waals surface area contributed by atoms with E-state index in [0.717, 1.165) is 25.9 Å². The van der Waals surface area contributed by atoms with Crippen molar-refractivity contribution in [1.82, 2.24) is 4.90 Å². The molecule has 0 aromatic carbocycles. The fourth-order valence-electron chi connectivity index (χ4n) is 1.48. The van der Waals surface area contributed by atoms with Gasteiger partial charge in [0.25, 0.3) is 0 Å². The molecule has 0 bridgehead atoms. The van der Waals surface area contributed by atoms with Gasteiger partial charge in [-0.2, -0.15) is 0 Å². The Kier molecular flexibility index (Phi) is 3.75. The summed E-state index contributed by atoms with van der Waals surface area (Å²) >= 11 is 0. The summed E-state index contributed by atoms with van der Waals surface area (Å²) in [4.78, 5) is 12.8. The first-order chi connectivity index (χ1) is 6.55. The Morgan fingerprint density at radius 1 is 1.57 bits per heavy atom. The second-order valence-corrected chi connectivity index (χ2v) is 4.57. The third-order valence-corrected chi connectivity index (χ3v) is 2.68. The number of amides is 1. The smallest absolute Gasteiger partial charge is 0.409 e. The van der Waals surface area contributed by atoms with Crippen LogP contribution in [0.1, 0.15) is 26.7 Å². The Morgan fingerprint density at radius 2 is 2.29 bits per heavy atom. The van der Waals surface area contributed by atoms with Gasteiger partial charge < -0.3 is 15.4 Å². The number of nitrogens with zero attached hydrogens (tertiary/aromatic N) is 1. The maximum Gasteiger partial charge on any atom is 0.409 e. The molecule has 0 saturated carbocycles. The van der Waals surface area contributed by atoms with Crippen LogP contribution in [0, 0.1) is 5.41 Å². The van der Waals surface area contributed by atoms with E-state index in [4.69, 9.17) is 10.5 Å². The van der Waals surface area contributed by atoms with Crippen molar-refractivity contribution < 1.29 is 9.53 Å². The van der Waals surface area contributed by atoms with Gasteiger partial charge in [-0.15, -0.1) is 0 Å². The van der Waals surface area contributed by atoms with E-state index in [2.05, 4.69) is 13.8 Å². The topological polar surface area (TPSA) is 55.6 Å². The van der Waals surface area contributed by atoms with Crippen molar-refractivity contribution in [3.05, 3.63) is 0 Å². The normalized spacial score (nSPS) is 17.4. The Morgan fingerprint density at radius 3 is 2.79 bits per heavy atom. The lowest BCUT2D eigenvalue weighted by Gasteiger charge is -2.23. The average molecular weight is 200 g/mol. The largest absolute Gasteiger partial charge is 0.448 e. The molecule has 0 radical (unpaired) electrons. The summed E-state index contributed by atoms with van der Waals surface area (Å²) in [7, 11) is 0. The summed E-state index contributed by atoms with van der Waals surface area (Å²) in [5.41, 5.74) is 5.81. The maximum absolute atomic E-state index is 11.1. The molecular weight excluding hydrogens is 180 g/mol. The van der Waals surface area contributed by atoms with Gasteiger partial charge in [0, 0.05) is 6.54 Å². The fourth-order valence-corrected chi connectivity index (χ4v) is 1.48. The number of hydrogen-bond donors (Lipinski definition) is 1. The van der Waals surface area contributed by atoms with Crippen LogP contribution >= 0.6 is 0 Å². The van der Waals surface area contributed by atoms with Gasteiger partial charge in [-0.05, 0) is 24.8 Å². The molecule has 4 nitrogen and oxygen atoms in total. The Balaban J connectivity index is 2.18. The quantitative estimate of drug-likeness (QED) is 0.725. The molecule has 0 aliphatic carbocycles. The van der Waals surface area contributed by atoms with E-state index in [0.29, 0.717) is 13.2 Å². The number of cyclic esters (lactones) is 1. The molecule has 1 heterocycles. The first kappa shape index (κ1) is 11.3. The van der Waals surface area contributed by atoms with Crippen molar-refractivity contribution in [2.24, 2.45) is 11.1 Å². The molecule has 0 atom stereocenters. The zero-order chi connectivity index (χ0) is 10.6. The van der Waals surface area contributed by atoms with Crippen molar-refractivity contribution in [2.45, 2.75) is 26.7 Å². The van der Waals surface area contributed by atoms with Gasteiger partial charge >= 0.3 is 6.09 Å². The van der Waals surface area contributed by atoms with Crippen molar-refractivity contribution in [2.75, 3.05) is 26.2 Å². The van der Waals surface area contributed by atoms with E-state index in [1.54, 1.807) is 4.90 Å². The molecule has 82 valence electrons. The molecule has 2 N–H and O–H groups in total. The minimum Gasteiger partial charge on any atom is -0.448 e. The Hall–Kier alpha value is -0.770. The maximum atomic E-state index is 11.1. The van der Waals surface area contributed by atoms with Crippen molar-refractivity contribution >= 4 is 6.09 Å². The second-order valence-electron chi connectivity index (χ2n) is 4.57. The minimum atomic E-state index is -0.171. The van der Waals surface area contributed by atoms with Crippen LogP contribution in [0.25, 0.3) is 0 Å². The van der Waals surface area contributed by atoms with Crippen LogP contribution in [-0.4, -0.2) is 37.2 Å². The lowest BCUT2D eigenvalue weighted by molar-refractivity contribution is 0.157. The third-order valence-electron chi connectivity index (χ3n) is 2.68. The lowest BCUT2D eigenvalue weighted by atomic mass is 9.88. The SMILES string of the molecule is CC(C)(CN)CCCN1CCOC1=O. The average Bonchev–Trinajstić information content (AvgIpc) is 2.52. The van der Waals surface area contributed by atoms with Gasteiger partial charge in [-0.1, -0.05) is 13.8 Å². The van der Waals surface area contributed by atoms with Gasteiger partial charge in [0.1, 0.15) is 6.61 Å². The van der Waals surface area contributed by atoms with Crippen molar-refractivity contribution in [1.29, 1.82) is 0 Å². The van der Waals surface area contributed by atoms with Gasteiger partial charge in [0.2, 0.25) is 0 Å².